The van der Waals surface area contributed by atoms with E-state index in [0.717, 1.165) is 19.3 Å². The zero-order chi connectivity index (χ0) is 28.9. The molecule has 0 aromatic rings. The molecule has 2 N–H and O–H groups in total. The van der Waals surface area contributed by atoms with Crippen molar-refractivity contribution in [1.29, 1.82) is 0 Å². The molecule has 4 aliphatic heterocycles. The minimum atomic E-state index is -2.57. The zero-order valence-corrected chi connectivity index (χ0v) is 24.4. The third-order valence-electron chi connectivity index (χ3n) is 9.45. The van der Waals surface area contributed by atoms with Gasteiger partial charge in [-0.1, -0.05) is 56.7 Å². The minimum Gasteiger partial charge on any atom is -0.462 e. The van der Waals surface area contributed by atoms with E-state index in [4.69, 9.17) is 18.9 Å². The van der Waals surface area contributed by atoms with Gasteiger partial charge in [-0.25, -0.2) is 0 Å². The summed E-state index contributed by atoms with van der Waals surface area (Å²) in [4.78, 5) is 26.9. The average Bonchev–Trinajstić information content (AvgIpc) is 3.17. The smallest absolute Gasteiger partial charge is 0.316 e. The molecule has 8 heteroatoms. The molecule has 3 fully saturated rings. The molecule has 1 spiro atoms. The number of hydrogen-bond acceptors (Lipinski definition) is 8. The summed E-state index contributed by atoms with van der Waals surface area (Å²) in [5, 5.41) is 23.4. The van der Waals surface area contributed by atoms with Gasteiger partial charge in [-0.3, -0.25) is 9.59 Å². The lowest BCUT2D eigenvalue weighted by Gasteiger charge is -2.50. The van der Waals surface area contributed by atoms with Gasteiger partial charge >= 0.3 is 5.97 Å². The first-order valence-corrected chi connectivity index (χ1v) is 14.8. The van der Waals surface area contributed by atoms with E-state index in [2.05, 4.69) is 33.8 Å². The molecule has 0 saturated carbocycles. The van der Waals surface area contributed by atoms with Gasteiger partial charge in [0.05, 0.1) is 18.8 Å². The van der Waals surface area contributed by atoms with Crippen LogP contribution in [0.3, 0.4) is 0 Å². The maximum absolute atomic E-state index is 13.9. The summed E-state index contributed by atoms with van der Waals surface area (Å²) in [6, 6.07) is 0. The summed E-state index contributed by atoms with van der Waals surface area (Å²) in [7, 11) is 0. The summed E-state index contributed by atoms with van der Waals surface area (Å²) in [5.41, 5.74) is -0.651. The van der Waals surface area contributed by atoms with Crippen LogP contribution in [0.5, 0.6) is 0 Å². The fourth-order valence-electron chi connectivity index (χ4n) is 7.15. The fourth-order valence-corrected chi connectivity index (χ4v) is 7.15. The van der Waals surface area contributed by atoms with Crippen molar-refractivity contribution < 1.29 is 38.7 Å². The van der Waals surface area contributed by atoms with Crippen molar-refractivity contribution in [1.82, 2.24) is 0 Å². The van der Waals surface area contributed by atoms with Crippen molar-refractivity contribution in [3.63, 3.8) is 0 Å². The summed E-state index contributed by atoms with van der Waals surface area (Å²) in [6.45, 7) is 9.84. The second-order valence-electron chi connectivity index (χ2n) is 12.6. The maximum Gasteiger partial charge on any atom is 0.316 e. The first kappa shape index (κ1) is 29.4. The molecule has 0 unspecified atom stereocenters. The van der Waals surface area contributed by atoms with E-state index in [0.29, 0.717) is 31.6 Å². The highest BCUT2D eigenvalue weighted by Crippen LogP contribution is 2.50. The number of Topliss-reactive ketones (excluding diaryl/α,β-unsaturated/α-hetero) is 1. The molecule has 0 radical (unpaired) electrons. The summed E-state index contributed by atoms with van der Waals surface area (Å²) < 4.78 is 24.9. The van der Waals surface area contributed by atoms with Crippen molar-refractivity contribution in [2.75, 3.05) is 6.61 Å². The Kier molecular flexibility index (Phi) is 8.05. The summed E-state index contributed by atoms with van der Waals surface area (Å²) in [6.07, 6.45) is 13.3. The molecule has 4 heterocycles. The second kappa shape index (κ2) is 11.0. The first-order chi connectivity index (χ1) is 18.9. The number of esters is 1. The Morgan fingerprint density at radius 3 is 2.62 bits per heavy atom. The summed E-state index contributed by atoms with van der Waals surface area (Å²) >= 11 is 0. The molecular weight excluding hydrogens is 512 g/mol. The highest BCUT2D eigenvalue weighted by molar-refractivity contribution is 6.05. The van der Waals surface area contributed by atoms with Crippen LogP contribution in [0.15, 0.2) is 47.1 Å². The third-order valence-corrected chi connectivity index (χ3v) is 9.45. The van der Waals surface area contributed by atoms with Crippen LogP contribution in [0.25, 0.3) is 0 Å². The topological polar surface area (TPSA) is 112 Å². The zero-order valence-electron chi connectivity index (χ0n) is 24.4. The van der Waals surface area contributed by atoms with Gasteiger partial charge in [-0.2, -0.15) is 0 Å². The molecule has 0 aromatic carbocycles. The van der Waals surface area contributed by atoms with E-state index < -0.39 is 40.9 Å². The van der Waals surface area contributed by atoms with Crippen molar-refractivity contribution in [2.24, 2.45) is 17.8 Å². The van der Waals surface area contributed by atoms with Crippen LogP contribution in [0.1, 0.15) is 79.6 Å². The molecule has 0 amide bonds. The van der Waals surface area contributed by atoms with Crippen molar-refractivity contribution >= 4 is 11.8 Å². The quantitative estimate of drug-likeness (QED) is 0.360. The van der Waals surface area contributed by atoms with Gasteiger partial charge in [0, 0.05) is 19.3 Å². The van der Waals surface area contributed by atoms with E-state index in [1.807, 2.05) is 6.08 Å². The van der Waals surface area contributed by atoms with E-state index in [9.17, 15) is 19.8 Å². The number of aliphatic hydroxyl groups is 2. The number of fused-ring (bicyclic) bond motifs is 2. The standard InChI is InChI=1S/C32H44O8/c1-6-27-21(4)12-13-30(40-27)17-25-16-24(39-30)11-10-20(3)14-19(2)8-7-9-23-18-37-32(36)28(33)22(5)15-26(29(34)38-25)31(23,32)35/h7-10,15,19,21,24-27,35-36H,6,11-14,16-18H2,1-5H3/t19-,21-,24+,25-,26-,27+,30+,31+,32+/m0/s1. The summed E-state index contributed by atoms with van der Waals surface area (Å²) in [5.74, 6) is -5.59. The van der Waals surface area contributed by atoms with E-state index in [-0.39, 0.29) is 35.9 Å². The Morgan fingerprint density at radius 1 is 1.10 bits per heavy atom. The van der Waals surface area contributed by atoms with Crippen LogP contribution < -0.4 is 0 Å². The Labute approximate surface area is 237 Å². The Hall–Kier alpha value is -2.10. The molecule has 8 nitrogen and oxygen atoms in total. The molecule has 3 saturated heterocycles. The molecule has 9 atom stereocenters. The molecule has 40 heavy (non-hydrogen) atoms. The number of rotatable bonds is 1. The Bertz CT molecular complexity index is 1150. The number of ketones is 1. The molecule has 220 valence electrons. The van der Waals surface area contributed by atoms with Crippen molar-refractivity contribution in [3.05, 3.63) is 47.1 Å². The largest absolute Gasteiger partial charge is 0.462 e. The maximum atomic E-state index is 13.9. The molecule has 2 bridgehead atoms. The SMILES string of the molecule is CC[C@H]1O[C@]2(CC[C@@H]1C)C[C@@H]1C[C@@H](CC=C(C)C[C@@H](C)C=CC=C3CO[C@]4(O)C(=O)C(C)=C[C@@H](C(=O)O1)[C@]34O)O2. The lowest BCUT2D eigenvalue weighted by molar-refractivity contribution is -0.335. The normalized spacial score (nSPS) is 44.4. The number of ether oxygens (including phenoxy) is 4. The highest BCUT2D eigenvalue weighted by Gasteiger charge is 2.69. The van der Waals surface area contributed by atoms with Crippen LogP contribution >= 0.6 is 0 Å². The predicted octanol–water partition coefficient (Wildman–Crippen LogP) is 4.45. The molecule has 1 aliphatic carbocycles. The molecule has 5 aliphatic rings. The number of hydrogen-bond donors (Lipinski definition) is 2. The van der Waals surface area contributed by atoms with Gasteiger partial charge in [0.2, 0.25) is 5.78 Å². The third kappa shape index (κ3) is 5.07. The highest BCUT2D eigenvalue weighted by atomic mass is 16.7. The van der Waals surface area contributed by atoms with E-state index in [1.54, 1.807) is 12.2 Å². The van der Waals surface area contributed by atoms with Gasteiger partial charge in [-0.15, -0.1) is 0 Å². The van der Waals surface area contributed by atoms with Crippen molar-refractivity contribution in [2.45, 2.75) is 115 Å². The minimum absolute atomic E-state index is 0.0561. The first-order valence-electron chi connectivity index (χ1n) is 14.8. The number of carbonyl (C=O) groups excluding carboxylic acids is 2. The van der Waals surface area contributed by atoms with Crippen LogP contribution in [0.2, 0.25) is 0 Å². The Balaban J connectivity index is 1.54. The lowest BCUT2D eigenvalue weighted by Crippen LogP contribution is -2.65. The van der Waals surface area contributed by atoms with Gasteiger partial charge in [0.1, 0.15) is 12.0 Å². The fraction of sp³-hybridized carbons (Fsp3) is 0.688. The lowest BCUT2D eigenvalue weighted by atomic mass is 9.69. The van der Waals surface area contributed by atoms with Crippen molar-refractivity contribution in [3.8, 4) is 0 Å². The molecule has 0 aromatic heterocycles. The van der Waals surface area contributed by atoms with Crippen LogP contribution in [0.4, 0.5) is 0 Å². The van der Waals surface area contributed by atoms with E-state index in [1.165, 1.54) is 18.6 Å². The van der Waals surface area contributed by atoms with Crippen LogP contribution in [0, 0.1) is 17.8 Å². The van der Waals surface area contributed by atoms with Gasteiger partial charge in [0.15, 0.2) is 11.4 Å². The monoisotopic (exact) mass is 556 g/mol. The Morgan fingerprint density at radius 2 is 1.88 bits per heavy atom. The van der Waals surface area contributed by atoms with Gasteiger partial charge < -0.3 is 29.2 Å². The van der Waals surface area contributed by atoms with Crippen LogP contribution in [-0.4, -0.2) is 64.1 Å². The van der Waals surface area contributed by atoms with E-state index >= 15 is 0 Å². The van der Waals surface area contributed by atoms with Gasteiger partial charge in [-0.05, 0) is 62.5 Å². The average molecular weight is 557 g/mol. The molecular formula is C32H44O8. The molecule has 5 rings (SSSR count). The van der Waals surface area contributed by atoms with Gasteiger partial charge in [0.25, 0.3) is 5.79 Å². The second-order valence-corrected chi connectivity index (χ2v) is 12.6. The van der Waals surface area contributed by atoms with Crippen LogP contribution in [-0.2, 0) is 28.5 Å². The number of carbonyl (C=O) groups is 2. The number of allylic oxidation sites excluding steroid dienone is 4. The predicted molar refractivity (Wildman–Crippen MR) is 148 cm³/mol.